The quantitative estimate of drug-likeness (QED) is 0.450. The summed E-state index contributed by atoms with van der Waals surface area (Å²) in [7, 11) is 2.21. The van der Waals surface area contributed by atoms with Crippen LogP contribution in [-0.2, 0) is 0 Å². The van der Waals surface area contributed by atoms with Gasteiger partial charge in [0.05, 0.1) is 0 Å². The summed E-state index contributed by atoms with van der Waals surface area (Å²) in [5.41, 5.74) is 0.519. The Bertz CT molecular complexity index is 117. The molecule has 1 unspecified atom stereocenters. The van der Waals surface area contributed by atoms with E-state index in [-0.39, 0.29) is 0 Å². The Morgan fingerprint density at radius 2 is 2.00 bits per heavy atom. The van der Waals surface area contributed by atoms with Crippen LogP contribution in [0.25, 0.3) is 0 Å². The molecule has 0 aromatic heterocycles. The number of hydrogen-bond donors (Lipinski definition) is 0. The predicted octanol–water partition coefficient (Wildman–Crippen LogP) is 0.902. The lowest BCUT2D eigenvalue weighted by molar-refractivity contribution is 0.253. The van der Waals surface area contributed by atoms with Crippen molar-refractivity contribution in [2.75, 3.05) is 13.1 Å². The van der Waals surface area contributed by atoms with Crippen LogP contribution in [-0.4, -0.2) is 25.9 Å². The normalized spacial score (nSPS) is 29.3. The standard InChI is InChI=1S/C8H18BN/c1-8(2,3)7-4-5-10(9)6-7/h7H,4-6,9H2,1-3H3. The summed E-state index contributed by atoms with van der Waals surface area (Å²) in [6, 6.07) is 0. The smallest absolute Gasteiger partial charge is 0.185 e. The minimum atomic E-state index is 0.519. The zero-order chi connectivity index (χ0) is 7.78. The van der Waals surface area contributed by atoms with E-state index in [0.29, 0.717) is 5.41 Å². The molecule has 0 N–H and O–H groups in total. The van der Waals surface area contributed by atoms with Gasteiger partial charge in [-0.05, 0) is 30.8 Å². The minimum Gasteiger partial charge on any atom is -0.348 e. The summed E-state index contributed by atoms with van der Waals surface area (Å²) < 4.78 is 0. The highest BCUT2D eigenvalue weighted by Crippen LogP contribution is 2.32. The van der Waals surface area contributed by atoms with E-state index in [1.54, 1.807) is 0 Å². The van der Waals surface area contributed by atoms with Gasteiger partial charge in [-0.15, -0.1) is 0 Å². The zero-order valence-electron chi connectivity index (χ0n) is 7.65. The molecule has 0 aromatic rings. The summed E-state index contributed by atoms with van der Waals surface area (Å²) in [6.07, 6.45) is 1.39. The Balaban J connectivity index is 2.45. The Kier molecular flexibility index (Phi) is 2.09. The second-order valence-corrected chi connectivity index (χ2v) is 4.61. The molecule has 1 fully saturated rings. The van der Waals surface area contributed by atoms with Gasteiger partial charge in [-0.3, -0.25) is 0 Å². The molecule has 0 radical (unpaired) electrons. The van der Waals surface area contributed by atoms with Crippen LogP contribution in [0.2, 0.25) is 0 Å². The molecule has 0 aromatic carbocycles. The lowest BCUT2D eigenvalue weighted by atomic mass is 9.80. The van der Waals surface area contributed by atoms with Crippen molar-refractivity contribution < 1.29 is 0 Å². The van der Waals surface area contributed by atoms with Gasteiger partial charge in [-0.2, -0.15) is 0 Å². The van der Waals surface area contributed by atoms with Crippen molar-refractivity contribution >= 4 is 7.98 Å². The van der Waals surface area contributed by atoms with Crippen molar-refractivity contribution in [3.8, 4) is 0 Å². The summed E-state index contributed by atoms with van der Waals surface area (Å²) in [6.45, 7) is 9.62. The van der Waals surface area contributed by atoms with Crippen LogP contribution in [0.4, 0.5) is 0 Å². The topological polar surface area (TPSA) is 3.24 Å². The lowest BCUT2D eigenvalue weighted by Crippen LogP contribution is -2.24. The predicted molar refractivity (Wildman–Crippen MR) is 47.7 cm³/mol. The molecular formula is C8H18BN. The summed E-state index contributed by atoms with van der Waals surface area (Å²) in [4.78, 5) is 2.43. The molecule has 0 aliphatic carbocycles. The van der Waals surface area contributed by atoms with Crippen LogP contribution in [0.15, 0.2) is 0 Å². The van der Waals surface area contributed by atoms with E-state index in [1.807, 2.05) is 0 Å². The van der Waals surface area contributed by atoms with Crippen LogP contribution in [0, 0.1) is 11.3 Å². The van der Waals surface area contributed by atoms with Gasteiger partial charge in [-0.1, -0.05) is 20.8 Å². The van der Waals surface area contributed by atoms with E-state index in [4.69, 9.17) is 0 Å². The van der Waals surface area contributed by atoms with E-state index >= 15 is 0 Å². The van der Waals surface area contributed by atoms with E-state index in [9.17, 15) is 0 Å². The van der Waals surface area contributed by atoms with Gasteiger partial charge in [0, 0.05) is 0 Å². The monoisotopic (exact) mass is 139 g/mol. The second-order valence-electron chi connectivity index (χ2n) is 4.61. The molecule has 0 amide bonds. The highest BCUT2D eigenvalue weighted by molar-refractivity contribution is 6.04. The van der Waals surface area contributed by atoms with Gasteiger partial charge >= 0.3 is 0 Å². The molecule has 58 valence electrons. The average Bonchev–Trinajstić information content (AvgIpc) is 2.11. The van der Waals surface area contributed by atoms with Gasteiger partial charge in [0.15, 0.2) is 7.98 Å². The first-order chi connectivity index (χ1) is 4.50. The minimum absolute atomic E-state index is 0.519. The average molecular weight is 139 g/mol. The first kappa shape index (κ1) is 8.12. The molecular weight excluding hydrogens is 121 g/mol. The molecule has 1 rings (SSSR count). The van der Waals surface area contributed by atoms with Crippen LogP contribution >= 0.6 is 0 Å². The molecule has 0 saturated carbocycles. The maximum atomic E-state index is 2.43. The van der Waals surface area contributed by atoms with Gasteiger partial charge in [0.1, 0.15) is 0 Å². The van der Waals surface area contributed by atoms with Crippen molar-refractivity contribution in [3.63, 3.8) is 0 Å². The molecule has 1 aliphatic heterocycles. The molecule has 1 saturated heterocycles. The van der Waals surface area contributed by atoms with Gasteiger partial charge in [-0.25, -0.2) is 0 Å². The van der Waals surface area contributed by atoms with Crippen LogP contribution < -0.4 is 0 Å². The van der Waals surface area contributed by atoms with Gasteiger partial charge < -0.3 is 4.81 Å². The van der Waals surface area contributed by atoms with Crippen molar-refractivity contribution in [3.05, 3.63) is 0 Å². The molecule has 1 atom stereocenters. The molecule has 0 bridgehead atoms. The first-order valence-corrected chi connectivity index (χ1v) is 4.18. The Labute approximate surface area is 65.2 Å². The van der Waals surface area contributed by atoms with Crippen LogP contribution in [0.1, 0.15) is 27.2 Å². The molecule has 1 nitrogen and oxygen atoms in total. The largest absolute Gasteiger partial charge is 0.348 e. The van der Waals surface area contributed by atoms with Crippen molar-refractivity contribution in [2.45, 2.75) is 27.2 Å². The van der Waals surface area contributed by atoms with Crippen molar-refractivity contribution in [2.24, 2.45) is 11.3 Å². The van der Waals surface area contributed by atoms with Crippen molar-refractivity contribution in [1.82, 2.24) is 4.81 Å². The second kappa shape index (κ2) is 2.57. The van der Waals surface area contributed by atoms with E-state index in [1.165, 1.54) is 19.5 Å². The molecule has 1 aliphatic rings. The van der Waals surface area contributed by atoms with Gasteiger partial charge in [0.25, 0.3) is 0 Å². The SMILES string of the molecule is BN1CCC(C(C)(C)C)C1. The Hall–Kier alpha value is 0.0249. The third-order valence-corrected chi connectivity index (χ3v) is 2.62. The number of hydrogen-bond acceptors (Lipinski definition) is 1. The van der Waals surface area contributed by atoms with Crippen LogP contribution in [0.3, 0.4) is 0 Å². The van der Waals surface area contributed by atoms with E-state index < -0.39 is 0 Å². The fourth-order valence-electron chi connectivity index (χ4n) is 1.64. The van der Waals surface area contributed by atoms with Crippen LogP contribution in [0.5, 0.6) is 0 Å². The van der Waals surface area contributed by atoms with Gasteiger partial charge in [0.2, 0.25) is 0 Å². The summed E-state index contributed by atoms with van der Waals surface area (Å²) in [5, 5.41) is 0. The highest BCUT2D eigenvalue weighted by Gasteiger charge is 2.29. The Morgan fingerprint density at radius 3 is 2.20 bits per heavy atom. The highest BCUT2D eigenvalue weighted by atomic mass is 15.1. The maximum absolute atomic E-state index is 2.43. The molecule has 1 heterocycles. The Morgan fingerprint density at radius 1 is 1.40 bits per heavy atom. The van der Waals surface area contributed by atoms with E-state index in [2.05, 4.69) is 33.6 Å². The third kappa shape index (κ3) is 1.75. The number of nitrogens with zero attached hydrogens (tertiary/aromatic N) is 1. The summed E-state index contributed by atoms with van der Waals surface area (Å²) in [5.74, 6) is 0.914. The fraction of sp³-hybridized carbons (Fsp3) is 1.00. The van der Waals surface area contributed by atoms with Crippen molar-refractivity contribution in [1.29, 1.82) is 0 Å². The third-order valence-electron chi connectivity index (χ3n) is 2.62. The van der Waals surface area contributed by atoms with E-state index in [0.717, 1.165) is 5.92 Å². The zero-order valence-corrected chi connectivity index (χ0v) is 7.65. The first-order valence-electron chi connectivity index (χ1n) is 4.18. The fourth-order valence-corrected chi connectivity index (χ4v) is 1.64. The summed E-state index contributed by atoms with van der Waals surface area (Å²) >= 11 is 0. The molecule has 2 heteroatoms. The maximum Gasteiger partial charge on any atom is 0.185 e. The lowest BCUT2D eigenvalue weighted by Gasteiger charge is -2.26. The molecule has 10 heavy (non-hydrogen) atoms. The molecule has 0 spiro atoms. The number of rotatable bonds is 0.